The predicted octanol–water partition coefficient (Wildman–Crippen LogP) is 7.48. The highest BCUT2D eigenvalue weighted by Gasteiger charge is 2.22. The van der Waals surface area contributed by atoms with Gasteiger partial charge in [0.1, 0.15) is 24.1 Å². The minimum absolute atomic E-state index is 0.0830. The van der Waals surface area contributed by atoms with Crippen LogP contribution in [0.5, 0.6) is 0 Å². The third-order valence-electron chi connectivity index (χ3n) is 5.47. The molecule has 0 unspecified atom stereocenters. The molecule has 1 fully saturated rings. The maximum absolute atomic E-state index is 14.6. The van der Waals surface area contributed by atoms with E-state index in [-0.39, 0.29) is 11.1 Å². The molecule has 0 bridgehead atoms. The van der Waals surface area contributed by atoms with Crippen LogP contribution in [0.1, 0.15) is 56.1 Å². The van der Waals surface area contributed by atoms with Crippen molar-refractivity contribution in [3.8, 4) is 11.1 Å². The molecule has 0 spiro atoms. The normalized spacial score (nSPS) is 20.3. The first kappa shape index (κ1) is 19.7. The van der Waals surface area contributed by atoms with Crippen molar-refractivity contribution in [2.45, 2.75) is 51.6 Å². The lowest BCUT2D eigenvalue weighted by atomic mass is 9.78. The van der Waals surface area contributed by atoms with E-state index in [1.54, 1.807) is 6.07 Å². The molecule has 144 valence electrons. The van der Waals surface area contributed by atoms with Crippen molar-refractivity contribution in [1.29, 1.82) is 0 Å². The van der Waals surface area contributed by atoms with Gasteiger partial charge in [-0.15, -0.1) is 0 Å². The van der Waals surface area contributed by atoms with E-state index in [1.807, 2.05) is 6.07 Å². The zero-order valence-electron chi connectivity index (χ0n) is 15.5. The Morgan fingerprint density at radius 1 is 0.926 bits per heavy atom. The molecule has 4 heteroatoms. The summed E-state index contributed by atoms with van der Waals surface area (Å²) in [6, 6.07) is 6.85. The molecule has 0 nitrogen and oxygen atoms in total. The fourth-order valence-corrected chi connectivity index (χ4v) is 3.88. The number of alkyl halides is 1. The van der Waals surface area contributed by atoms with Crippen molar-refractivity contribution in [1.82, 2.24) is 0 Å². The van der Waals surface area contributed by atoms with Crippen LogP contribution < -0.4 is 0 Å². The van der Waals surface area contributed by atoms with Gasteiger partial charge in [0.05, 0.1) is 5.56 Å². The van der Waals surface area contributed by atoms with E-state index in [1.165, 1.54) is 6.07 Å². The third kappa shape index (κ3) is 4.42. The maximum atomic E-state index is 14.6. The summed E-state index contributed by atoms with van der Waals surface area (Å²) in [5.41, 5.74) is 0.515. The van der Waals surface area contributed by atoms with Crippen molar-refractivity contribution in [3.05, 3.63) is 71.1 Å². The second-order valence-corrected chi connectivity index (χ2v) is 7.24. The molecule has 1 saturated carbocycles. The van der Waals surface area contributed by atoms with Crippen molar-refractivity contribution >= 4 is 0 Å². The average molecular weight is 376 g/mol. The van der Waals surface area contributed by atoms with Gasteiger partial charge in [-0.3, -0.25) is 0 Å². The maximum Gasteiger partial charge on any atom is 0.132 e. The van der Waals surface area contributed by atoms with Crippen LogP contribution in [-0.4, -0.2) is 0 Å². The quantitative estimate of drug-likeness (QED) is 0.375. The first-order valence-electron chi connectivity index (χ1n) is 9.53. The summed E-state index contributed by atoms with van der Waals surface area (Å²) in [5, 5.41) is 0. The van der Waals surface area contributed by atoms with E-state index in [9.17, 15) is 17.6 Å². The molecule has 0 radical (unpaired) electrons. The van der Waals surface area contributed by atoms with Crippen LogP contribution in [0.3, 0.4) is 0 Å². The Bertz CT molecular complexity index is 794. The molecule has 0 N–H and O–H groups in total. The third-order valence-corrected chi connectivity index (χ3v) is 5.47. The standard InChI is InChI=1S/C23H24F4/c1-2-3-4-15-5-7-16(8-6-15)17-9-10-19(21(25)11-17)18-12-22(26)20(14-24)23(27)13-18/h3-4,9-13,15-16H,2,5-8,14H2,1H3/b4-3+. The topological polar surface area (TPSA) is 0 Å². The Hall–Kier alpha value is -2.10. The SMILES string of the molecule is CC/C=C/C1CCC(c2ccc(-c3cc(F)c(CF)c(F)c3)c(F)c2)CC1. The second-order valence-electron chi connectivity index (χ2n) is 7.24. The molecule has 2 aromatic carbocycles. The molecule has 0 saturated heterocycles. The highest BCUT2D eigenvalue weighted by molar-refractivity contribution is 5.65. The van der Waals surface area contributed by atoms with E-state index >= 15 is 0 Å². The van der Waals surface area contributed by atoms with Crippen LogP contribution in [0.25, 0.3) is 11.1 Å². The van der Waals surface area contributed by atoms with E-state index in [4.69, 9.17) is 0 Å². The van der Waals surface area contributed by atoms with Gasteiger partial charge in [0.2, 0.25) is 0 Å². The summed E-state index contributed by atoms with van der Waals surface area (Å²) in [4.78, 5) is 0. The van der Waals surface area contributed by atoms with Crippen LogP contribution >= 0.6 is 0 Å². The summed E-state index contributed by atoms with van der Waals surface area (Å²) in [5.74, 6) is -1.58. The zero-order valence-corrected chi connectivity index (χ0v) is 15.5. The van der Waals surface area contributed by atoms with Crippen LogP contribution in [-0.2, 0) is 6.67 Å². The Kier molecular flexibility index (Phi) is 6.35. The Labute approximate surface area is 157 Å². The van der Waals surface area contributed by atoms with Crippen LogP contribution in [0.2, 0.25) is 0 Å². The Morgan fingerprint density at radius 2 is 1.59 bits per heavy atom. The first-order valence-corrected chi connectivity index (χ1v) is 9.53. The van der Waals surface area contributed by atoms with Gasteiger partial charge in [-0.05, 0) is 73.3 Å². The first-order chi connectivity index (χ1) is 13.0. The fraction of sp³-hybridized carbons (Fsp3) is 0.391. The monoisotopic (exact) mass is 376 g/mol. The van der Waals surface area contributed by atoms with Gasteiger partial charge in [-0.2, -0.15) is 0 Å². The summed E-state index contributed by atoms with van der Waals surface area (Å²) in [7, 11) is 0. The predicted molar refractivity (Wildman–Crippen MR) is 101 cm³/mol. The van der Waals surface area contributed by atoms with Gasteiger partial charge >= 0.3 is 0 Å². The average Bonchev–Trinajstić information content (AvgIpc) is 2.66. The highest BCUT2D eigenvalue weighted by Crippen LogP contribution is 2.38. The van der Waals surface area contributed by atoms with Crippen LogP contribution in [0.15, 0.2) is 42.5 Å². The molecular formula is C23H24F4. The van der Waals surface area contributed by atoms with E-state index in [0.29, 0.717) is 11.8 Å². The van der Waals surface area contributed by atoms with Gasteiger partial charge in [-0.1, -0.05) is 31.2 Å². The number of allylic oxidation sites excluding steroid dienone is 2. The molecule has 27 heavy (non-hydrogen) atoms. The highest BCUT2D eigenvalue weighted by atomic mass is 19.1. The van der Waals surface area contributed by atoms with Crippen LogP contribution in [0.4, 0.5) is 17.6 Å². The van der Waals surface area contributed by atoms with Gasteiger partial charge in [-0.25, -0.2) is 17.6 Å². The lowest BCUT2D eigenvalue weighted by molar-refractivity contribution is 0.375. The summed E-state index contributed by atoms with van der Waals surface area (Å²) < 4.78 is 54.9. The van der Waals surface area contributed by atoms with E-state index in [0.717, 1.165) is 49.8 Å². The van der Waals surface area contributed by atoms with Crippen molar-refractivity contribution in [2.24, 2.45) is 5.92 Å². The number of rotatable bonds is 5. The van der Waals surface area contributed by atoms with Gasteiger partial charge < -0.3 is 0 Å². The Balaban J connectivity index is 1.78. The minimum Gasteiger partial charge on any atom is -0.246 e. The fourth-order valence-electron chi connectivity index (χ4n) is 3.88. The smallest absolute Gasteiger partial charge is 0.132 e. The minimum atomic E-state index is -1.23. The second kappa shape index (κ2) is 8.73. The lowest BCUT2D eigenvalue weighted by Crippen LogP contribution is -2.12. The number of hydrogen-bond donors (Lipinski definition) is 0. The van der Waals surface area contributed by atoms with Crippen LogP contribution in [0, 0.1) is 23.4 Å². The molecular weight excluding hydrogens is 352 g/mol. The largest absolute Gasteiger partial charge is 0.246 e. The lowest BCUT2D eigenvalue weighted by Gasteiger charge is -2.27. The molecule has 0 atom stereocenters. The molecule has 0 heterocycles. The van der Waals surface area contributed by atoms with Gasteiger partial charge in [0.25, 0.3) is 0 Å². The molecule has 0 aliphatic heterocycles. The van der Waals surface area contributed by atoms with Crippen molar-refractivity contribution < 1.29 is 17.6 Å². The van der Waals surface area contributed by atoms with Gasteiger partial charge in [0, 0.05) is 5.56 Å². The zero-order chi connectivity index (χ0) is 19.4. The molecule has 0 aromatic heterocycles. The number of benzene rings is 2. The number of halogens is 4. The van der Waals surface area contributed by atoms with E-state index in [2.05, 4.69) is 19.1 Å². The number of hydrogen-bond acceptors (Lipinski definition) is 0. The molecule has 2 aromatic rings. The molecule has 1 aliphatic carbocycles. The summed E-state index contributed by atoms with van der Waals surface area (Å²) >= 11 is 0. The summed E-state index contributed by atoms with van der Waals surface area (Å²) in [6.45, 7) is 0.894. The molecule has 1 aliphatic rings. The summed E-state index contributed by atoms with van der Waals surface area (Å²) in [6.07, 6.45) is 9.71. The molecule has 3 rings (SSSR count). The molecule has 0 amide bonds. The van der Waals surface area contributed by atoms with Crippen molar-refractivity contribution in [3.63, 3.8) is 0 Å². The van der Waals surface area contributed by atoms with Gasteiger partial charge in [0.15, 0.2) is 0 Å². The Morgan fingerprint density at radius 3 is 2.15 bits per heavy atom. The van der Waals surface area contributed by atoms with E-state index < -0.39 is 29.7 Å². The van der Waals surface area contributed by atoms with Crippen molar-refractivity contribution in [2.75, 3.05) is 0 Å².